The lowest BCUT2D eigenvalue weighted by molar-refractivity contribution is 0.0919. The minimum absolute atomic E-state index is 0.122. The van der Waals surface area contributed by atoms with Crippen LogP contribution in [0.2, 0.25) is 0 Å². The van der Waals surface area contributed by atoms with E-state index in [1.54, 1.807) is 6.07 Å². The van der Waals surface area contributed by atoms with Crippen LogP contribution in [-0.2, 0) is 0 Å². The lowest BCUT2D eigenvalue weighted by Crippen LogP contribution is -2.42. The Morgan fingerprint density at radius 1 is 1.42 bits per heavy atom. The van der Waals surface area contributed by atoms with Gasteiger partial charge in [0.1, 0.15) is 5.82 Å². The molecule has 1 atom stereocenters. The van der Waals surface area contributed by atoms with Gasteiger partial charge in [0.05, 0.1) is 0 Å². The van der Waals surface area contributed by atoms with E-state index in [1.165, 1.54) is 12.1 Å². The number of amides is 1. The van der Waals surface area contributed by atoms with Crippen LogP contribution < -0.4 is 10.6 Å². The van der Waals surface area contributed by atoms with Crippen LogP contribution in [0.25, 0.3) is 0 Å². The number of piperidine rings is 1. The standard InChI is InChI=1S/C15H21FN2O/c1-10-3-4-13(16)9-14(10)15(19)18-11(2)12-5-7-17-8-6-12/h3-4,9,11-12,17H,5-8H2,1-2H3,(H,18,19). The van der Waals surface area contributed by atoms with E-state index in [0.29, 0.717) is 11.5 Å². The highest BCUT2D eigenvalue weighted by Crippen LogP contribution is 2.17. The van der Waals surface area contributed by atoms with Gasteiger partial charge in [-0.25, -0.2) is 4.39 Å². The molecule has 1 aliphatic heterocycles. The maximum Gasteiger partial charge on any atom is 0.251 e. The Labute approximate surface area is 113 Å². The van der Waals surface area contributed by atoms with E-state index in [-0.39, 0.29) is 17.8 Å². The Kier molecular flexibility index (Phi) is 4.53. The second-order valence-electron chi connectivity index (χ2n) is 5.31. The van der Waals surface area contributed by atoms with Gasteiger partial charge in [-0.05, 0) is 63.4 Å². The summed E-state index contributed by atoms with van der Waals surface area (Å²) in [5.41, 5.74) is 1.23. The van der Waals surface area contributed by atoms with Gasteiger partial charge in [-0.2, -0.15) is 0 Å². The van der Waals surface area contributed by atoms with Crippen molar-refractivity contribution in [2.24, 2.45) is 5.92 Å². The van der Waals surface area contributed by atoms with Gasteiger partial charge in [0.2, 0.25) is 0 Å². The van der Waals surface area contributed by atoms with Crippen LogP contribution in [0.1, 0.15) is 35.7 Å². The SMILES string of the molecule is Cc1ccc(F)cc1C(=O)NC(C)C1CCNCC1. The minimum Gasteiger partial charge on any atom is -0.349 e. The van der Waals surface area contributed by atoms with Gasteiger partial charge in [-0.1, -0.05) is 6.07 Å². The summed E-state index contributed by atoms with van der Waals surface area (Å²) in [6, 6.07) is 4.44. The van der Waals surface area contributed by atoms with Crippen molar-refractivity contribution in [3.63, 3.8) is 0 Å². The zero-order valence-corrected chi connectivity index (χ0v) is 11.5. The topological polar surface area (TPSA) is 41.1 Å². The first-order chi connectivity index (χ1) is 9.08. The average molecular weight is 264 g/mol. The number of carbonyl (C=O) groups excluding carboxylic acids is 1. The quantitative estimate of drug-likeness (QED) is 0.879. The Morgan fingerprint density at radius 2 is 2.11 bits per heavy atom. The first kappa shape index (κ1) is 14.0. The molecule has 3 nitrogen and oxygen atoms in total. The maximum absolute atomic E-state index is 13.2. The highest BCUT2D eigenvalue weighted by molar-refractivity contribution is 5.95. The molecule has 19 heavy (non-hydrogen) atoms. The third kappa shape index (κ3) is 3.53. The Balaban J connectivity index is 2.01. The molecular weight excluding hydrogens is 243 g/mol. The van der Waals surface area contributed by atoms with E-state index in [9.17, 15) is 9.18 Å². The molecule has 1 aromatic carbocycles. The van der Waals surface area contributed by atoms with Crippen LogP contribution in [-0.4, -0.2) is 25.0 Å². The van der Waals surface area contributed by atoms with Crippen molar-refractivity contribution in [1.82, 2.24) is 10.6 Å². The first-order valence-electron chi connectivity index (χ1n) is 6.85. The molecule has 1 saturated heterocycles. The fourth-order valence-corrected chi connectivity index (χ4v) is 2.59. The molecule has 1 aliphatic rings. The average Bonchev–Trinajstić information content (AvgIpc) is 2.42. The first-order valence-corrected chi connectivity index (χ1v) is 6.85. The molecule has 0 aliphatic carbocycles. The van der Waals surface area contributed by atoms with Gasteiger partial charge < -0.3 is 10.6 Å². The van der Waals surface area contributed by atoms with Gasteiger partial charge in [0.25, 0.3) is 5.91 Å². The Morgan fingerprint density at radius 3 is 2.79 bits per heavy atom. The van der Waals surface area contributed by atoms with E-state index < -0.39 is 0 Å². The van der Waals surface area contributed by atoms with Crippen molar-refractivity contribution < 1.29 is 9.18 Å². The number of aryl methyl sites for hydroxylation is 1. The van der Waals surface area contributed by atoms with E-state index in [4.69, 9.17) is 0 Å². The van der Waals surface area contributed by atoms with Crippen LogP contribution >= 0.6 is 0 Å². The van der Waals surface area contributed by atoms with Crippen LogP contribution in [0.3, 0.4) is 0 Å². The number of halogens is 1. The van der Waals surface area contributed by atoms with Crippen LogP contribution in [0, 0.1) is 18.7 Å². The fourth-order valence-electron chi connectivity index (χ4n) is 2.59. The maximum atomic E-state index is 13.2. The number of rotatable bonds is 3. The third-order valence-electron chi connectivity index (χ3n) is 3.89. The predicted octanol–water partition coefficient (Wildman–Crippen LogP) is 2.25. The van der Waals surface area contributed by atoms with Gasteiger partial charge >= 0.3 is 0 Å². The predicted molar refractivity (Wildman–Crippen MR) is 73.7 cm³/mol. The van der Waals surface area contributed by atoms with Crippen molar-refractivity contribution in [2.45, 2.75) is 32.7 Å². The van der Waals surface area contributed by atoms with Gasteiger partial charge in [0.15, 0.2) is 0 Å². The third-order valence-corrected chi connectivity index (χ3v) is 3.89. The monoisotopic (exact) mass is 264 g/mol. The van der Waals surface area contributed by atoms with Gasteiger partial charge in [-0.15, -0.1) is 0 Å². The van der Waals surface area contributed by atoms with Crippen molar-refractivity contribution in [1.29, 1.82) is 0 Å². The van der Waals surface area contributed by atoms with Crippen LogP contribution in [0.5, 0.6) is 0 Å². The van der Waals surface area contributed by atoms with Crippen LogP contribution in [0.15, 0.2) is 18.2 Å². The number of hydrogen-bond donors (Lipinski definition) is 2. The van der Waals surface area contributed by atoms with Crippen molar-refractivity contribution in [3.05, 3.63) is 35.1 Å². The molecule has 0 bridgehead atoms. The zero-order valence-electron chi connectivity index (χ0n) is 11.5. The molecule has 104 valence electrons. The smallest absolute Gasteiger partial charge is 0.251 e. The molecule has 4 heteroatoms. The second kappa shape index (κ2) is 6.15. The lowest BCUT2D eigenvalue weighted by atomic mass is 9.91. The summed E-state index contributed by atoms with van der Waals surface area (Å²) in [6.45, 7) is 5.86. The molecule has 0 radical (unpaired) electrons. The van der Waals surface area contributed by atoms with E-state index >= 15 is 0 Å². The van der Waals surface area contributed by atoms with Gasteiger partial charge in [-0.3, -0.25) is 4.79 Å². The van der Waals surface area contributed by atoms with Crippen molar-refractivity contribution >= 4 is 5.91 Å². The van der Waals surface area contributed by atoms with Crippen molar-refractivity contribution in [3.8, 4) is 0 Å². The summed E-state index contributed by atoms with van der Waals surface area (Å²) in [4.78, 5) is 12.2. The van der Waals surface area contributed by atoms with Crippen LogP contribution in [0.4, 0.5) is 4.39 Å². The molecule has 1 heterocycles. The molecule has 0 saturated carbocycles. The summed E-state index contributed by atoms with van der Waals surface area (Å²) in [7, 11) is 0. The highest BCUT2D eigenvalue weighted by Gasteiger charge is 2.22. The minimum atomic E-state index is -0.370. The van der Waals surface area contributed by atoms with E-state index in [1.807, 2.05) is 13.8 Å². The number of hydrogen-bond acceptors (Lipinski definition) is 2. The highest BCUT2D eigenvalue weighted by atomic mass is 19.1. The lowest BCUT2D eigenvalue weighted by Gasteiger charge is -2.29. The summed E-state index contributed by atoms with van der Waals surface area (Å²) in [5.74, 6) is -0.0487. The molecule has 1 amide bonds. The molecule has 1 aromatic rings. The summed E-state index contributed by atoms with van der Waals surface area (Å²) in [5, 5.41) is 6.31. The molecule has 2 N–H and O–H groups in total. The normalized spacial score (nSPS) is 18.1. The molecule has 0 spiro atoms. The molecular formula is C15H21FN2O. The number of benzene rings is 1. The van der Waals surface area contributed by atoms with E-state index in [0.717, 1.165) is 31.5 Å². The van der Waals surface area contributed by atoms with E-state index in [2.05, 4.69) is 10.6 Å². The number of carbonyl (C=O) groups is 1. The molecule has 0 aromatic heterocycles. The summed E-state index contributed by atoms with van der Waals surface area (Å²) in [6.07, 6.45) is 2.15. The fraction of sp³-hybridized carbons (Fsp3) is 0.533. The summed E-state index contributed by atoms with van der Waals surface area (Å²) >= 11 is 0. The molecule has 1 unspecified atom stereocenters. The Bertz CT molecular complexity index is 455. The second-order valence-corrected chi connectivity index (χ2v) is 5.31. The van der Waals surface area contributed by atoms with Crippen molar-refractivity contribution in [2.75, 3.05) is 13.1 Å². The zero-order chi connectivity index (χ0) is 13.8. The molecule has 2 rings (SSSR count). The summed E-state index contributed by atoms with van der Waals surface area (Å²) < 4.78 is 13.2. The number of nitrogens with one attached hydrogen (secondary N) is 2. The largest absolute Gasteiger partial charge is 0.349 e. The van der Waals surface area contributed by atoms with Gasteiger partial charge in [0, 0.05) is 11.6 Å². The Hall–Kier alpha value is -1.42. The molecule has 1 fully saturated rings.